The van der Waals surface area contributed by atoms with Gasteiger partial charge in [0.2, 0.25) is 0 Å². The summed E-state index contributed by atoms with van der Waals surface area (Å²) in [5, 5.41) is 4.42. The molecule has 0 aromatic heterocycles. The number of hydrogen-bond donors (Lipinski definition) is 1. The molecule has 3 heteroatoms. The van der Waals surface area contributed by atoms with Crippen LogP contribution >= 0.6 is 11.6 Å². The summed E-state index contributed by atoms with van der Waals surface area (Å²) in [5.74, 6) is 0.393. The topological polar surface area (TPSA) is 12.0 Å². The third-order valence-corrected chi connectivity index (χ3v) is 4.59. The molecule has 1 aliphatic rings. The van der Waals surface area contributed by atoms with E-state index in [-0.39, 0.29) is 5.82 Å². The van der Waals surface area contributed by atoms with Crippen LogP contribution in [0.5, 0.6) is 0 Å². The molecule has 0 heterocycles. The van der Waals surface area contributed by atoms with Gasteiger partial charge < -0.3 is 5.32 Å². The van der Waals surface area contributed by atoms with Crippen LogP contribution in [-0.4, -0.2) is 6.04 Å². The minimum absolute atomic E-state index is 0.163. The summed E-state index contributed by atoms with van der Waals surface area (Å²) >= 11 is 5.91. The van der Waals surface area contributed by atoms with Crippen molar-refractivity contribution >= 4 is 11.6 Å². The predicted molar refractivity (Wildman–Crippen MR) is 85.2 cm³/mol. The zero-order valence-corrected chi connectivity index (χ0v) is 12.8. The van der Waals surface area contributed by atoms with Gasteiger partial charge in [-0.15, -0.1) is 0 Å². The third-order valence-electron chi connectivity index (χ3n) is 4.34. The minimum Gasteiger partial charge on any atom is -0.307 e. The van der Waals surface area contributed by atoms with Gasteiger partial charge in [-0.1, -0.05) is 35.9 Å². The maximum Gasteiger partial charge on any atom is 0.123 e. The Balaban J connectivity index is 1.52. The monoisotopic (exact) mass is 303 g/mol. The molecule has 0 amide bonds. The van der Waals surface area contributed by atoms with Crippen LogP contribution in [0.4, 0.5) is 4.39 Å². The number of rotatable bonds is 4. The summed E-state index contributed by atoms with van der Waals surface area (Å²) in [6, 6.07) is 15.7. The lowest BCUT2D eigenvalue weighted by Crippen LogP contribution is -2.41. The van der Waals surface area contributed by atoms with Crippen LogP contribution in [0, 0.1) is 5.82 Å². The minimum atomic E-state index is -0.163. The summed E-state index contributed by atoms with van der Waals surface area (Å²) in [5.41, 5.74) is 2.50. The fourth-order valence-corrected chi connectivity index (χ4v) is 3.09. The average molecular weight is 304 g/mol. The Bertz CT molecular complexity index is 588. The van der Waals surface area contributed by atoms with E-state index in [0.717, 1.165) is 17.9 Å². The summed E-state index contributed by atoms with van der Waals surface area (Å²) in [4.78, 5) is 0. The molecule has 1 nitrogen and oxygen atoms in total. The Labute approximate surface area is 130 Å². The van der Waals surface area contributed by atoms with Crippen LogP contribution in [0.15, 0.2) is 48.5 Å². The molecule has 1 aliphatic carbocycles. The van der Waals surface area contributed by atoms with Crippen molar-refractivity contribution in [3.63, 3.8) is 0 Å². The molecular formula is C18H19ClFN. The van der Waals surface area contributed by atoms with Gasteiger partial charge in [0.25, 0.3) is 0 Å². The maximum atomic E-state index is 12.9. The molecule has 2 aromatic carbocycles. The van der Waals surface area contributed by atoms with Gasteiger partial charge in [-0.3, -0.25) is 0 Å². The van der Waals surface area contributed by atoms with Gasteiger partial charge in [0.05, 0.1) is 0 Å². The van der Waals surface area contributed by atoms with Crippen molar-refractivity contribution in [1.29, 1.82) is 0 Å². The largest absolute Gasteiger partial charge is 0.307 e. The van der Waals surface area contributed by atoms with E-state index in [2.05, 4.69) is 24.4 Å². The van der Waals surface area contributed by atoms with Crippen LogP contribution in [0.3, 0.4) is 0 Å². The van der Waals surface area contributed by atoms with E-state index < -0.39 is 0 Å². The molecule has 21 heavy (non-hydrogen) atoms. The Morgan fingerprint density at radius 1 is 1.05 bits per heavy atom. The van der Waals surface area contributed by atoms with Crippen molar-refractivity contribution in [2.75, 3.05) is 0 Å². The predicted octanol–water partition coefficient (Wildman–Crippen LogP) is 5.08. The highest BCUT2D eigenvalue weighted by Crippen LogP contribution is 2.37. The van der Waals surface area contributed by atoms with Gasteiger partial charge in [0, 0.05) is 17.1 Å². The zero-order chi connectivity index (χ0) is 14.8. The van der Waals surface area contributed by atoms with Gasteiger partial charge in [-0.05, 0) is 61.1 Å². The lowest BCUT2D eigenvalue weighted by molar-refractivity contribution is 0.271. The third kappa shape index (κ3) is 3.45. The second kappa shape index (κ2) is 6.17. The first kappa shape index (κ1) is 14.6. The highest BCUT2D eigenvalue weighted by Gasteiger charge is 2.31. The molecule has 2 aromatic rings. The van der Waals surface area contributed by atoms with E-state index in [1.165, 1.54) is 11.1 Å². The van der Waals surface area contributed by atoms with Gasteiger partial charge in [0.1, 0.15) is 5.82 Å². The molecule has 110 valence electrons. The first-order chi connectivity index (χ1) is 10.1. The van der Waals surface area contributed by atoms with Crippen molar-refractivity contribution in [2.45, 2.75) is 37.8 Å². The lowest BCUT2D eigenvalue weighted by Gasteiger charge is -2.38. The molecular weight excluding hydrogens is 285 g/mol. The van der Waals surface area contributed by atoms with E-state index in [9.17, 15) is 4.39 Å². The molecule has 0 radical (unpaired) electrons. The van der Waals surface area contributed by atoms with Crippen LogP contribution in [-0.2, 0) is 0 Å². The Morgan fingerprint density at radius 3 is 2.29 bits per heavy atom. The fraction of sp³-hybridized carbons (Fsp3) is 0.333. The molecule has 0 saturated heterocycles. The SMILES string of the molecule is CC(NC1CC(c2ccc(F)cc2)C1)c1ccc(Cl)cc1. The highest BCUT2D eigenvalue weighted by molar-refractivity contribution is 6.30. The van der Waals surface area contributed by atoms with Crippen LogP contribution < -0.4 is 5.32 Å². The number of benzene rings is 2. The van der Waals surface area contributed by atoms with Gasteiger partial charge in [0.15, 0.2) is 0 Å². The molecule has 3 rings (SSSR count). The smallest absolute Gasteiger partial charge is 0.123 e. The van der Waals surface area contributed by atoms with Gasteiger partial charge in [-0.25, -0.2) is 4.39 Å². The van der Waals surface area contributed by atoms with Crippen molar-refractivity contribution in [1.82, 2.24) is 5.32 Å². The van der Waals surface area contributed by atoms with Crippen molar-refractivity contribution in [3.05, 3.63) is 70.5 Å². The highest BCUT2D eigenvalue weighted by atomic mass is 35.5. The average Bonchev–Trinajstić information content (AvgIpc) is 2.44. The quantitative estimate of drug-likeness (QED) is 0.831. The van der Waals surface area contributed by atoms with E-state index in [4.69, 9.17) is 11.6 Å². The summed E-state index contributed by atoms with van der Waals surface area (Å²) in [7, 11) is 0. The summed E-state index contributed by atoms with van der Waals surface area (Å²) in [6.07, 6.45) is 2.23. The first-order valence-corrected chi connectivity index (χ1v) is 7.76. The standard InChI is InChI=1S/C18H19ClFN/c1-12(13-2-6-16(19)7-3-13)21-18-10-15(11-18)14-4-8-17(20)9-5-14/h2-9,12,15,18,21H,10-11H2,1H3. The lowest BCUT2D eigenvalue weighted by atomic mass is 9.75. The van der Waals surface area contributed by atoms with Crippen LogP contribution in [0.25, 0.3) is 0 Å². The second-order valence-corrected chi connectivity index (χ2v) is 6.29. The van der Waals surface area contributed by atoms with E-state index in [1.54, 1.807) is 12.1 Å². The molecule has 0 bridgehead atoms. The van der Waals surface area contributed by atoms with Crippen LogP contribution in [0.1, 0.15) is 42.9 Å². The van der Waals surface area contributed by atoms with Crippen molar-refractivity contribution in [2.24, 2.45) is 0 Å². The van der Waals surface area contributed by atoms with Gasteiger partial charge in [-0.2, -0.15) is 0 Å². The van der Waals surface area contributed by atoms with Crippen molar-refractivity contribution < 1.29 is 4.39 Å². The Kier molecular flexibility index (Phi) is 4.27. The summed E-state index contributed by atoms with van der Waals surface area (Å²) < 4.78 is 12.9. The maximum absolute atomic E-state index is 12.9. The molecule has 1 fully saturated rings. The Hall–Kier alpha value is -1.38. The number of nitrogens with one attached hydrogen (secondary N) is 1. The van der Waals surface area contributed by atoms with Crippen LogP contribution in [0.2, 0.25) is 5.02 Å². The van der Waals surface area contributed by atoms with E-state index >= 15 is 0 Å². The number of hydrogen-bond acceptors (Lipinski definition) is 1. The molecule has 1 N–H and O–H groups in total. The summed E-state index contributed by atoms with van der Waals surface area (Å²) in [6.45, 7) is 2.18. The molecule has 0 aliphatic heterocycles. The molecule has 1 unspecified atom stereocenters. The molecule has 1 saturated carbocycles. The van der Waals surface area contributed by atoms with Gasteiger partial charge >= 0.3 is 0 Å². The number of halogens is 2. The van der Waals surface area contributed by atoms with E-state index in [1.807, 2.05) is 24.3 Å². The fourth-order valence-electron chi connectivity index (χ4n) is 2.96. The second-order valence-electron chi connectivity index (χ2n) is 5.86. The first-order valence-electron chi connectivity index (χ1n) is 7.39. The van der Waals surface area contributed by atoms with E-state index in [0.29, 0.717) is 18.0 Å². The molecule has 1 atom stereocenters. The van der Waals surface area contributed by atoms with Crippen molar-refractivity contribution in [3.8, 4) is 0 Å². The zero-order valence-electron chi connectivity index (χ0n) is 12.0. The normalized spacial score (nSPS) is 22.6. The Morgan fingerprint density at radius 2 is 1.67 bits per heavy atom. The molecule has 0 spiro atoms.